The van der Waals surface area contributed by atoms with Gasteiger partial charge >= 0.3 is 0 Å². The average molecular weight is 343 g/mol. The van der Waals surface area contributed by atoms with Crippen LogP contribution in [0.4, 0.5) is 0 Å². The van der Waals surface area contributed by atoms with Crippen molar-refractivity contribution in [2.45, 2.75) is 57.0 Å². The highest BCUT2D eigenvalue weighted by atomic mass is 32.1. The van der Waals surface area contributed by atoms with Gasteiger partial charge in [-0.15, -0.1) is 11.3 Å². The van der Waals surface area contributed by atoms with Crippen LogP contribution in [0.3, 0.4) is 0 Å². The van der Waals surface area contributed by atoms with Crippen LogP contribution in [-0.4, -0.2) is 41.0 Å². The molecule has 2 fully saturated rings. The van der Waals surface area contributed by atoms with E-state index in [0.29, 0.717) is 24.4 Å². The zero-order valence-corrected chi connectivity index (χ0v) is 14.9. The fraction of sp³-hybridized carbons (Fsp3) is 0.579. The van der Waals surface area contributed by atoms with Crippen LogP contribution in [0, 0.1) is 0 Å². The zero-order valence-electron chi connectivity index (χ0n) is 14.0. The van der Waals surface area contributed by atoms with Crippen LogP contribution in [0.2, 0.25) is 0 Å². The Balaban J connectivity index is 1.22. The molecule has 24 heavy (non-hydrogen) atoms. The lowest BCUT2D eigenvalue weighted by Gasteiger charge is -2.24. The number of hydrogen-bond donors (Lipinski definition) is 1. The van der Waals surface area contributed by atoms with Gasteiger partial charge in [0, 0.05) is 31.6 Å². The number of rotatable bonds is 5. The second-order valence-electron chi connectivity index (χ2n) is 7.05. The summed E-state index contributed by atoms with van der Waals surface area (Å²) < 4.78 is 1.26. The van der Waals surface area contributed by atoms with E-state index in [1.165, 1.54) is 22.5 Å². The van der Waals surface area contributed by atoms with Crippen molar-refractivity contribution in [3.63, 3.8) is 0 Å². The fourth-order valence-electron chi connectivity index (χ4n) is 3.91. The molecule has 0 aliphatic carbocycles. The molecule has 2 atom stereocenters. The second-order valence-corrected chi connectivity index (χ2v) is 8.16. The molecule has 4 nitrogen and oxygen atoms in total. The van der Waals surface area contributed by atoms with Gasteiger partial charge in [0.1, 0.15) is 0 Å². The minimum Gasteiger partial charge on any atom is -0.341 e. The summed E-state index contributed by atoms with van der Waals surface area (Å²) >= 11 is 1.78. The lowest BCUT2D eigenvalue weighted by Crippen LogP contribution is -2.38. The zero-order chi connectivity index (χ0) is 16.4. The maximum absolute atomic E-state index is 12.5. The Bertz CT molecular complexity index is 680. The number of unbranched alkanes of at least 4 members (excludes halogenated alkanes) is 1. The van der Waals surface area contributed by atoms with Gasteiger partial charge in [0.05, 0.1) is 15.2 Å². The number of carbonyl (C=O) groups excluding carboxylic acids is 1. The summed E-state index contributed by atoms with van der Waals surface area (Å²) in [5.41, 5.74) is 1.10. The molecule has 128 valence electrons. The van der Waals surface area contributed by atoms with Gasteiger partial charge in [0.2, 0.25) is 5.91 Å². The van der Waals surface area contributed by atoms with E-state index in [2.05, 4.69) is 33.4 Å². The van der Waals surface area contributed by atoms with Gasteiger partial charge in [0.15, 0.2) is 0 Å². The number of aromatic nitrogens is 1. The summed E-state index contributed by atoms with van der Waals surface area (Å²) in [5.74, 6) is 0.341. The van der Waals surface area contributed by atoms with E-state index in [1.807, 2.05) is 6.07 Å². The number of nitrogens with one attached hydrogen (secondary N) is 1. The predicted octanol–water partition coefficient (Wildman–Crippen LogP) is 3.36. The van der Waals surface area contributed by atoms with Crippen molar-refractivity contribution >= 4 is 27.5 Å². The predicted molar refractivity (Wildman–Crippen MR) is 98.3 cm³/mol. The van der Waals surface area contributed by atoms with Crippen molar-refractivity contribution in [3.05, 3.63) is 29.3 Å². The number of thiazole rings is 1. The first-order valence-electron chi connectivity index (χ1n) is 9.16. The molecular formula is C19H25N3OS. The van der Waals surface area contributed by atoms with Crippen molar-refractivity contribution in [2.24, 2.45) is 0 Å². The van der Waals surface area contributed by atoms with Gasteiger partial charge in [0.25, 0.3) is 0 Å². The first-order chi connectivity index (χ1) is 11.8. The third-order valence-corrected chi connectivity index (χ3v) is 6.34. The Kier molecular flexibility index (Phi) is 4.81. The number of amides is 1. The molecule has 2 bridgehead atoms. The average Bonchev–Trinajstić information content (AvgIpc) is 3.13. The molecule has 1 aromatic heterocycles. The molecule has 3 heterocycles. The van der Waals surface area contributed by atoms with Crippen LogP contribution in [0.15, 0.2) is 24.3 Å². The Morgan fingerprint density at radius 3 is 3.00 bits per heavy atom. The minimum atomic E-state index is 0.341. The molecule has 2 aliphatic heterocycles. The SMILES string of the molecule is O=C(CCCCc1nc2ccccc2s1)N1CCC2CCC(C1)N2. The first kappa shape index (κ1) is 16.0. The van der Waals surface area contributed by atoms with Gasteiger partial charge in [-0.3, -0.25) is 4.79 Å². The minimum absolute atomic E-state index is 0.341. The van der Waals surface area contributed by atoms with Crippen LogP contribution in [-0.2, 0) is 11.2 Å². The highest BCUT2D eigenvalue weighted by Crippen LogP contribution is 2.23. The van der Waals surface area contributed by atoms with Gasteiger partial charge < -0.3 is 10.2 Å². The number of carbonyl (C=O) groups is 1. The summed E-state index contributed by atoms with van der Waals surface area (Å²) in [5, 5.41) is 4.83. The van der Waals surface area contributed by atoms with Crippen molar-refractivity contribution in [1.29, 1.82) is 0 Å². The normalized spacial score (nSPS) is 23.6. The van der Waals surface area contributed by atoms with E-state index in [4.69, 9.17) is 0 Å². The highest BCUT2D eigenvalue weighted by molar-refractivity contribution is 7.18. The number of hydrogen-bond acceptors (Lipinski definition) is 4. The topological polar surface area (TPSA) is 45.2 Å². The van der Waals surface area contributed by atoms with Gasteiger partial charge in [-0.05, 0) is 50.7 Å². The summed E-state index contributed by atoms with van der Waals surface area (Å²) in [4.78, 5) is 19.2. The molecule has 1 aromatic carbocycles. The maximum atomic E-state index is 12.5. The summed E-state index contributed by atoms with van der Waals surface area (Å²) in [6.07, 6.45) is 7.31. The molecule has 0 spiro atoms. The van der Waals surface area contributed by atoms with E-state index < -0.39 is 0 Å². The maximum Gasteiger partial charge on any atom is 0.222 e. The Labute approximate surface area is 147 Å². The molecule has 1 amide bonds. The number of para-hydroxylation sites is 1. The standard InChI is InChI=1S/C19H25N3OS/c23-19(22-12-11-14-9-10-15(13-22)20-14)8-4-3-7-18-21-16-5-1-2-6-17(16)24-18/h1-2,5-6,14-15,20H,3-4,7-13H2. The highest BCUT2D eigenvalue weighted by Gasteiger charge is 2.30. The van der Waals surface area contributed by atoms with Gasteiger partial charge in [-0.2, -0.15) is 0 Å². The Morgan fingerprint density at radius 1 is 1.21 bits per heavy atom. The van der Waals surface area contributed by atoms with E-state index >= 15 is 0 Å². The van der Waals surface area contributed by atoms with Crippen molar-refractivity contribution in [3.8, 4) is 0 Å². The summed E-state index contributed by atoms with van der Waals surface area (Å²) in [6.45, 7) is 1.85. The fourth-order valence-corrected chi connectivity index (χ4v) is 4.92. The van der Waals surface area contributed by atoms with Gasteiger partial charge in [-0.1, -0.05) is 12.1 Å². The van der Waals surface area contributed by atoms with Crippen molar-refractivity contribution in [2.75, 3.05) is 13.1 Å². The monoisotopic (exact) mass is 343 g/mol. The molecule has 0 saturated carbocycles. The largest absolute Gasteiger partial charge is 0.341 e. The molecule has 4 rings (SSSR count). The lowest BCUT2D eigenvalue weighted by molar-refractivity contribution is -0.131. The molecular weight excluding hydrogens is 318 g/mol. The van der Waals surface area contributed by atoms with E-state index in [9.17, 15) is 4.79 Å². The Morgan fingerprint density at radius 2 is 2.08 bits per heavy atom. The first-order valence-corrected chi connectivity index (χ1v) is 9.98. The molecule has 2 saturated heterocycles. The summed E-state index contributed by atoms with van der Waals surface area (Å²) in [6, 6.07) is 9.47. The van der Waals surface area contributed by atoms with Crippen molar-refractivity contribution < 1.29 is 4.79 Å². The molecule has 2 aromatic rings. The Hall–Kier alpha value is -1.46. The smallest absolute Gasteiger partial charge is 0.222 e. The number of likely N-dealkylation sites (tertiary alicyclic amines) is 1. The molecule has 2 unspecified atom stereocenters. The van der Waals surface area contributed by atoms with E-state index in [-0.39, 0.29) is 0 Å². The number of fused-ring (bicyclic) bond motifs is 3. The quantitative estimate of drug-likeness (QED) is 0.847. The third kappa shape index (κ3) is 3.62. The molecule has 0 radical (unpaired) electrons. The lowest BCUT2D eigenvalue weighted by atomic mass is 10.1. The van der Waals surface area contributed by atoms with Crippen LogP contribution in [0.5, 0.6) is 0 Å². The van der Waals surface area contributed by atoms with Crippen LogP contribution in [0.25, 0.3) is 10.2 Å². The van der Waals surface area contributed by atoms with Crippen LogP contribution >= 0.6 is 11.3 Å². The molecule has 2 aliphatic rings. The van der Waals surface area contributed by atoms with E-state index in [0.717, 1.165) is 44.3 Å². The summed E-state index contributed by atoms with van der Waals surface area (Å²) in [7, 11) is 0. The number of nitrogens with zero attached hydrogens (tertiary/aromatic N) is 2. The number of aryl methyl sites for hydroxylation is 1. The van der Waals surface area contributed by atoms with Crippen LogP contribution < -0.4 is 5.32 Å². The van der Waals surface area contributed by atoms with Crippen molar-refractivity contribution in [1.82, 2.24) is 15.2 Å². The van der Waals surface area contributed by atoms with Gasteiger partial charge in [-0.25, -0.2) is 4.98 Å². The molecule has 5 heteroatoms. The van der Waals surface area contributed by atoms with Crippen LogP contribution in [0.1, 0.15) is 43.5 Å². The third-order valence-electron chi connectivity index (χ3n) is 5.25. The number of benzene rings is 1. The van der Waals surface area contributed by atoms with E-state index in [1.54, 1.807) is 11.3 Å². The molecule has 1 N–H and O–H groups in total. The second kappa shape index (κ2) is 7.19.